The third kappa shape index (κ3) is 6.37. The van der Waals surface area contributed by atoms with Gasteiger partial charge in [0.25, 0.3) is 0 Å². The molecule has 3 amide bonds. The Morgan fingerprint density at radius 3 is 2.29 bits per heavy atom. The second-order valence-corrected chi connectivity index (χ2v) is 9.04. The second-order valence-electron chi connectivity index (χ2n) is 9.04. The first-order valence-electron chi connectivity index (χ1n) is 11.4. The highest BCUT2D eigenvalue weighted by molar-refractivity contribution is 5.96. The molecule has 1 aromatic heterocycles. The molecule has 0 saturated heterocycles. The van der Waals surface area contributed by atoms with Gasteiger partial charge in [-0.1, -0.05) is 45.9 Å². The van der Waals surface area contributed by atoms with Crippen LogP contribution in [0.2, 0.25) is 0 Å². The summed E-state index contributed by atoms with van der Waals surface area (Å²) in [7, 11) is 1.59. The van der Waals surface area contributed by atoms with E-state index < -0.39 is 0 Å². The van der Waals surface area contributed by atoms with Crippen LogP contribution in [0.25, 0.3) is 5.69 Å². The van der Waals surface area contributed by atoms with Crippen molar-refractivity contribution in [3.8, 4) is 11.4 Å². The zero-order chi connectivity index (χ0) is 24.7. The van der Waals surface area contributed by atoms with E-state index in [0.29, 0.717) is 23.8 Å². The maximum atomic E-state index is 13.0. The maximum Gasteiger partial charge on any atom is 0.322 e. The molecule has 8 heteroatoms. The Hall–Kier alpha value is -3.81. The minimum absolute atomic E-state index is 0.0827. The van der Waals surface area contributed by atoms with E-state index in [2.05, 4.69) is 31.4 Å². The van der Waals surface area contributed by atoms with Crippen molar-refractivity contribution in [1.82, 2.24) is 14.7 Å². The summed E-state index contributed by atoms with van der Waals surface area (Å²) in [6.45, 7) is 8.54. The molecule has 8 nitrogen and oxygen atoms in total. The minimum atomic E-state index is -0.339. The molecule has 0 bridgehead atoms. The van der Waals surface area contributed by atoms with Gasteiger partial charge in [-0.25, -0.2) is 9.48 Å². The summed E-state index contributed by atoms with van der Waals surface area (Å²) in [5.41, 5.74) is 2.14. The van der Waals surface area contributed by atoms with Crippen molar-refractivity contribution in [2.75, 3.05) is 30.8 Å². The second kappa shape index (κ2) is 10.9. The first-order chi connectivity index (χ1) is 16.2. The molecule has 0 aliphatic heterocycles. The molecule has 0 aliphatic carbocycles. The highest BCUT2D eigenvalue weighted by Gasteiger charge is 2.23. The number of ether oxygens (including phenoxy) is 1. The Bertz CT molecular complexity index is 1100. The quantitative estimate of drug-likeness (QED) is 0.489. The molecular formula is C26H33N5O3. The summed E-state index contributed by atoms with van der Waals surface area (Å²) in [5.74, 6) is 0.969. The topological polar surface area (TPSA) is 88.5 Å². The van der Waals surface area contributed by atoms with Gasteiger partial charge < -0.3 is 20.3 Å². The Kier molecular flexibility index (Phi) is 7.94. The van der Waals surface area contributed by atoms with E-state index in [4.69, 9.17) is 9.84 Å². The Morgan fingerprint density at radius 2 is 1.71 bits per heavy atom. The minimum Gasteiger partial charge on any atom is -0.497 e. The van der Waals surface area contributed by atoms with Crippen LogP contribution >= 0.6 is 0 Å². The molecule has 2 N–H and O–H groups in total. The molecule has 2 aromatic carbocycles. The van der Waals surface area contributed by atoms with Gasteiger partial charge in [0.2, 0.25) is 5.91 Å². The Labute approximate surface area is 200 Å². The molecule has 180 valence electrons. The van der Waals surface area contributed by atoms with Crippen LogP contribution in [-0.2, 0) is 10.2 Å². The molecular weight excluding hydrogens is 430 g/mol. The van der Waals surface area contributed by atoms with Gasteiger partial charge in [-0.2, -0.15) is 5.10 Å². The third-order valence-corrected chi connectivity index (χ3v) is 5.20. The number of nitrogens with one attached hydrogen (secondary N) is 2. The molecule has 0 unspecified atom stereocenters. The fourth-order valence-corrected chi connectivity index (χ4v) is 3.36. The van der Waals surface area contributed by atoms with Crippen molar-refractivity contribution in [2.45, 2.75) is 39.5 Å². The van der Waals surface area contributed by atoms with Crippen LogP contribution in [0, 0.1) is 0 Å². The summed E-state index contributed by atoms with van der Waals surface area (Å²) in [4.78, 5) is 27.3. The third-order valence-electron chi connectivity index (χ3n) is 5.20. The number of aromatic nitrogens is 2. The van der Waals surface area contributed by atoms with Crippen LogP contribution in [0.4, 0.5) is 16.3 Å². The normalized spacial score (nSPS) is 11.1. The van der Waals surface area contributed by atoms with Gasteiger partial charge >= 0.3 is 6.03 Å². The average molecular weight is 464 g/mol. The molecule has 1 heterocycles. The average Bonchev–Trinajstić information content (AvgIpc) is 3.24. The van der Waals surface area contributed by atoms with E-state index in [9.17, 15) is 9.59 Å². The van der Waals surface area contributed by atoms with Gasteiger partial charge in [-0.15, -0.1) is 0 Å². The lowest BCUT2D eigenvalue weighted by Crippen LogP contribution is -2.41. The number of rotatable bonds is 8. The van der Waals surface area contributed by atoms with Crippen molar-refractivity contribution in [3.05, 3.63) is 66.4 Å². The highest BCUT2D eigenvalue weighted by Crippen LogP contribution is 2.26. The van der Waals surface area contributed by atoms with Gasteiger partial charge in [0.15, 0.2) is 0 Å². The van der Waals surface area contributed by atoms with Crippen molar-refractivity contribution in [3.63, 3.8) is 0 Å². The number of carbonyl (C=O) groups is 2. The number of para-hydroxylation sites is 1. The van der Waals surface area contributed by atoms with Crippen molar-refractivity contribution < 1.29 is 14.3 Å². The SMILES string of the molecule is CCCN(CC(=O)Nc1cc(C(C)(C)C)nn1-c1ccccc1)C(=O)Nc1ccc(OC)cc1. The molecule has 34 heavy (non-hydrogen) atoms. The summed E-state index contributed by atoms with van der Waals surface area (Å²) in [5, 5.41) is 10.5. The lowest BCUT2D eigenvalue weighted by Gasteiger charge is -2.22. The predicted octanol–water partition coefficient (Wildman–Crippen LogP) is 5.06. The number of methoxy groups -OCH3 is 1. The summed E-state index contributed by atoms with van der Waals surface area (Å²) < 4.78 is 6.87. The number of amides is 3. The summed E-state index contributed by atoms with van der Waals surface area (Å²) in [6.07, 6.45) is 0.722. The highest BCUT2D eigenvalue weighted by atomic mass is 16.5. The van der Waals surface area contributed by atoms with Crippen LogP contribution in [0.15, 0.2) is 60.7 Å². The summed E-state index contributed by atoms with van der Waals surface area (Å²) in [6, 6.07) is 18.2. The van der Waals surface area contributed by atoms with Crippen LogP contribution in [0.1, 0.15) is 39.8 Å². The molecule has 0 fully saturated rings. The van der Waals surface area contributed by atoms with E-state index in [0.717, 1.165) is 17.8 Å². The fourth-order valence-electron chi connectivity index (χ4n) is 3.36. The van der Waals surface area contributed by atoms with Gasteiger partial charge in [-0.3, -0.25) is 4.79 Å². The van der Waals surface area contributed by atoms with Crippen LogP contribution < -0.4 is 15.4 Å². The number of hydrogen-bond acceptors (Lipinski definition) is 4. The van der Waals surface area contributed by atoms with Gasteiger partial charge in [0.05, 0.1) is 18.5 Å². The van der Waals surface area contributed by atoms with Gasteiger partial charge in [0.1, 0.15) is 18.1 Å². The Balaban J connectivity index is 1.75. The van der Waals surface area contributed by atoms with E-state index >= 15 is 0 Å². The first kappa shape index (κ1) is 24.8. The zero-order valence-corrected chi connectivity index (χ0v) is 20.5. The lowest BCUT2D eigenvalue weighted by atomic mass is 9.92. The largest absolute Gasteiger partial charge is 0.497 e. The zero-order valence-electron chi connectivity index (χ0n) is 20.5. The van der Waals surface area contributed by atoms with E-state index in [1.807, 2.05) is 43.3 Å². The Morgan fingerprint density at radius 1 is 1.03 bits per heavy atom. The van der Waals surface area contributed by atoms with Crippen LogP contribution in [-0.4, -0.2) is 46.8 Å². The van der Waals surface area contributed by atoms with Gasteiger partial charge in [0, 0.05) is 23.7 Å². The van der Waals surface area contributed by atoms with Crippen LogP contribution in [0.5, 0.6) is 5.75 Å². The number of anilines is 2. The van der Waals surface area contributed by atoms with Crippen molar-refractivity contribution in [1.29, 1.82) is 0 Å². The number of nitrogens with zero attached hydrogens (tertiary/aromatic N) is 3. The smallest absolute Gasteiger partial charge is 0.322 e. The fraction of sp³-hybridized carbons (Fsp3) is 0.346. The van der Waals surface area contributed by atoms with E-state index in [1.165, 1.54) is 4.90 Å². The van der Waals surface area contributed by atoms with E-state index in [1.54, 1.807) is 36.1 Å². The van der Waals surface area contributed by atoms with Gasteiger partial charge in [-0.05, 0) is 42.8 Å². The molecule has 3 rings (SSSR count). The summed E-state index contributed by atoms with van der Waals surface area (Å²) >= 11 is 0. The van der Waals surface area contributed by atoms with E-state index in [-0.39, 0.29) is 23.9 Å². The van der Waals surface area contributed by atoms with Crippen LogP contribution in [0.3, 0.4) is 0 Å². The van der Waals surface area contributed by atoms with Crippen molar-refractivity contribution >= 4 is 23.4 Å². The number of urea groups is 1. The maximum absolute atomic E-state index is 13.0. The molecule has 3 aromatic rings. The lowest BCUT2D eigenvalue weighted by molar-refractivity contribution is -0.116. The van der Waals surface area contributed by atoms with Crippen molar-refractivity contribution in [2.24, 2.45) is 0 Å². The molecule has 0 spiro atoms. The molecule has 0 saturated carbocycles. The molecule has 0 atom stereocenters. The monoisotopic (exact) mass is 463 g/mol. The molecule has 0 aliphatic rings. The number of benzene rings is 2. The first-order valence-corrected chi connectivity index (χ1v) is 11.4. The number of carbonyl (C=O) groups excluding carboxylic acids is 2. The number of hydrogen-bond donors (Lipinski definition) is 2. The standard InChI is InChI=1S/C26H33N5O3/c1-6-16-30(25(33)27-19-12-14-21(34-5)15-13-19)18-24(32)28-23-17-22(26(2,3)4)29-31(23)20-10-8-7-9-11-20/h7-15,17H,6,16,18H2,1-5H3,(H,27,33)(H,28,32). The molecule has 0 radical (unpaired) electrons. The predicted molar refractivity (Wildman–Crippen MR) is 135 cm³/mol.